The number of urea groups is 1. The number of benzene rings is 3. The number of carboxylic acid groups (broad SMARTS) is 1. The monoisotopic (exact) mass is 428 g/mol. The van der Waals surface area contributed by atoms with Crippen LogP contribution in [-0.4, -0.2) is 40.9 Å². The molecule has 0 saturated carbocycles. The van der Waals surface area contributed by atoms with Crippen LogP contribution in [0.4, 0.5) is 10.5 Å². The summed E-state index contributed by atoms with van der Waals surface area (Å²) in [6, 6.07) is 24.5. The van der Waals surface area contributed by atoms with Crippen LogP contribution in [0.3, 0.4) is 0 Å². The first-order valence-corrected chi connectivity index (χ1v) is 10.3. The Bertz CT molecular complexity index is 1130. The van der Waals surface area contributed by atoms with Crippen molar-refractivity contribution in [1.29, 1.82) is 5.41 Å². The van der Waals surface area contributed by atoms with E-state index in [0.717, 1.165) is 22.4 Å². The van der Waals surface area contributed by atoms with E-state index in [9.17, 15) is 9.59 Å². The van der Waals surface area contributed by atoms with Gasteiger partial charge in [-0.05, 0) is 28.8 Å². The van der Waals surface area contributed by atoms with Crippen LogP contribution >= 0.6 is 0 Å². The number of carbonyl (C=O) groups is 2. The maximum Gasteiger partial charge on any atom is 0.325 e. The molecule has 0 bridgehead atoms. The number of amidine groups is 1. The van der Waals surface area contributed by atoms with E-state index in [1.54, 1.807) is 9.80 Å². The molecule has 7 nitrogen and oxygen atoms in total. The van der Waals surface area contributed by atoms with Crippen LogP contribution in [0.25, 0.3) is 11.1 Å². The van der Waals surface area contributed by atoms with Crippen molar-refractivity contribution in [3.05, 3.63) is 90.0 Å². The lowest BCUT2D eigenvalue weighted by atomic mass is 9.99. The predicted octanol–water partition coefficient (Wildman–Crippen LogP) is 4.10. The summed E-state index contributed by atoms with van der Waals surface area (Å²) in [5.74, 6) is -0.890. The average molecular weight is 428 g/mol. The van der Waals surface area contributed by atoms with Crippen LogP contribution in [0, 0.1) is 5.41 Å². The number of nitrogens with one attached hydrogen (secondary N) is 1. The third-order valence-electron chi connectivity index (χ3n) is 5.64. The Morgan fingerprint density at radius 3 is 2.12 bits per heavy atom. The van der Waals surface area contributed by atoms with Gasteiger partial charge in [0.05, 0.1) is 12.5 Å². The number of nitrogen functional groups attached to an aromatic ring is 1. The molecule has 0 spiro atoms. The molecule has 32 heavy (non-hydrogen) atoms. The number of nitrogens with two attached hydrogens (primary N) is 1. The van der Waals surface area contributed by atoms with Crippen molar-refractivity contribution in [3.8, 4) is 11.1 Å². The van der Waals surface area contributed by atoms with Gasteiger partial charge < -0.3 is 15.7 Å². The predicted molar refractivity (Wildman–Crippen MR) is 124 cm³/mol. The molecule has 3 aromatic rings. The first kappa shape index (κ1) is 21.1. The van der Waals surface area contributed by atoms with Gasteiger partial charge in [0.2, 0.25) is 0 Å². The van der Waals surface area contributed by atoms with Crippen LogP contribution in [0.5, 0.6) is 0 Å². The zero-order valence-electron chi connectivity index (χ0n) is 17.4. The molecule has 1 aliphatic rings. The second-order valence-corrected chi connectivity index (χ2v) is 7.71. The van der Waals surface area contributed by atoms with Crippen molar-refractivity contribution >= 4 is 23.5 Å². The summed E-state index contributed by atoms with van der Waals surface area (Å²) in [5, 5.41) is 16.6. The SMILES string of the molecule is N=C(N)c1ccc(-c2ccc(C3CN(CCC(=O)O)C(=O)N3c3ccccc3)cc2)cc1. The molecular formula is C25H24N4O3. The molecule has 1 atom stereocenters. The summed E-state index contributed by atoms with van der Waals surface area (Å²) in [6.07, 6.45) is -0.0870. The molecule has 1 aliphatic heterocycles. The lowest BCUT2D eigenvalue weighted by Gasteiger charge is -2.24. The van der Waals surface area contributed by atoms with Gasteiger partial charge in [-0.1, -0.05) is 66.7 Å². The molecule has 0 radical (unpaired) electrons. The number of rotatable bonds is 7. The second-order valence-electron chi connectivity index (χ2n) is 7.71. The van der Waals surface area contributed by atoms with Gasteiger partial charge in [0.15, 0.2) is 0 Å². The topological polar surface area (TPSA) is 111 Å². The van der Waals surface area contributed by atoms with E-state index in [1.165, 1.54) is 0 Å². The van der Waals surface area contributed by atoms with E-state index in [4.69, 9.17) is 16.2 Å². The van der Waals surface area contributed by atoms with Gasteiger partial charge in [0.1, 0.15) is 5.84 Å². The molecule has 3 aromatic carbocycles. The van der Waals surface area contributed by atoms with Gasteiger partial charge >= 0.3 is 12.0 Å². The molecule has 162 valence electrons. The molecular weight excluding hydrogens is 404 g/mol. The Balaban J connectivity index is 1.61. The summed E-state index contributed by atoms with van der Waals surface area (Å²) >= 11 is 0. The zero-order valence-corrected chi connectivity index (χ0v) is 17.4. The molecule has 4 rings (SSSR count). The van der Waals surface area contributed by atoms with E-state index >= 15 is 0 Å². The smallest absolute Gasteiger partial charge is 0.325 e. The lowest BCUT2D eigenvalue weighted by Crippen LogP contribution is -2.33. The van der Waals surface area contributed by atoms with E-state index in [0.29, 0.717) is 12.1 Å². The number of hydrogen-bond donors (Lipinski definition) is 3. The van der Waals surface area contributed by atoms with Crippen molar-refractivity contribution in [3.63, 3.8) is 0 Å². The summed E-state index contributed by atoms with van der Waals surface area (Å²) in [6.45, 7) is 0.599. The lowest BCUT2D eigenvalue weighted by molar-refractivity contribution is -0.137. The fourth-order valence-corrected chi connectivity index (χ4v) is 3.95. The van der Waals surface area contributed by atoms with E-state index in [1.807, 2.05) is 78.9 Å². The molecule has 4 N–H and O–H groups in total. The summed E-state index contributed by atoms with van der Waals surface area (Å²) < 4.78 is 0. The summed E-state index contributed by atoms with van der Waals surface area (Å²) in [5.41, 5.74) is 9.98. The number of para-hydroxylation sites is 1. The number of hydrogen-bond acceptors (Lipinski definition) is 3. The van der Waals surface area contributed by atoms with Crippen molar-refractivity contribution in [2.45, 2.75) is 12.5 Å². The molecule has 1 unspecified atom stereocenters. The number of carbonyl (C=O) groups excluding carboxylic acids is 1. The highest BCUT2D eigenvalue weighted by Gasteiger charge is 2.39. The van der Waals surface area contributed by atoms with Gasteiger partial charge in [0, 0.05) is 24.3 Å². The average Bonchev–Trinajstić information content (AvgIpc) is 3.14. The minimum Gasteiger partial charge on any atom is -0.481 e. The highest BCUT2D eigenvalue weighted by molar-refractivity contribution is 5.96. The van der Waals surface area contributed by atoms with Gasteiger partial charge in [-0.2, -0.15) is 0 Å². The van der Waals surface area contributed by atoms with Gasteiger partial charge in [-0.3, -0.25) is 15.1 Å². The van der Waals surface area contributed by atoms with Gasteiger partial charge in [0.25, 0.3) is 0 Å². The fourth-order valence-electron chi connectivity index (χ4n) is 3.95. The number of anilines is 1. The van der Waals surface area contributed by atoms with E-state index in [2.05, 4.69) is 0 Å². The van der Waals surface area contributed by atoms with Crippen molar-refractivity contribution < 1.29 is 14.7 Å². The molecule has 2 amide bonds. The summed E-state index contributed by atoms with van der Waals surface area (Å²) in [7, 11) is 0. The minimum absolute atomic E-state index is 0.0336. The van der Waals surface area contributed by atoms with Crippen LogP contribution in [0.2, 0.25) is 0 Å². The standard InChI is InChI=1S/C25H24N4O3/c26-24(27)20-12-8-18(9-13-20)17-6-10-19(11-7-17)22-16-28(15-14-23(30)31)25(32)29(22)21-4-2-1-3-5-21/h1-13,22H,14-16H2,(H3,26,27)(H,30,31). The molecule has 1 heterocycles. The number of aliphatic carboxylic acids is 1. The second kappa shape index (κ2) is 8.93. The maximum absolute atomic E-state index is 13.1. The van der Waals surface area contributed by atoms with E-state index in [-0.39, 0.29) is 30.9 Å². The minimum atomic E-state index is -0.923. The molecule has 1 fully saturated rings. The molecule has 0 aromatic heterocycles. The Morgan fingerprint density at radius 2 is 1.56 bits per heavy atom. The number of carboxylic acids is 1. The quantitative estimate of drug-likeness (QED) is 0.389. The zero-order chi connectivity index (χ0) is 22.7. The Morgan fingerprint density at radius 1 is 0.969 bits per heavy atom. The Hall–Kier alpha value is -4.13. The number of nitrogens with zero attached hydrogens (tertiary/aromatic N) is 2. The molecule has 0 aliphatic carbocycles. The number of amides is 2. The Kier molecular flexibility index (Phi) is 5.89. The third-order valence-corrected chi connectivity index (χ3v) is 5.64. The Labute approximate surface area is 186 Å². The molecule has 7 heteroatoms. The van der Waals surface area contributed by atoms with Crippen LogP contribution in [0.1, 0.15) is 23.6 Å². The van der Waals surface area contributed by atoms with Crippen LogP contribution in [-0.2, 0) is 4.79 Å². The molecule has 1 saturated heterocycles. The van der Waals surface area contributed by atoms with Crippen molar-refractivity contribution in [1.82, 2.24) is 4.90 Å². The van der Waals surface area contributed by atoms with Crippen LogP contribution in [0.15, 0.2) is 78.9 Å². The first-order valence-electron chi connectivity index (χ1n) is 10.3. The van der Waals surface area contributed by atoms with Crippen molar-refractivity contribution in [2.24, 2.45) is 5.73 Å². The van der Waals surface area contributed by atoms with E-state index < -0.39 is 5.97 Å². The van der Waals surface area contributed by atoms with Crippen molar-refractivity contribution in [2.75, 3.05) is 18.0 Å². The largest absolute Gasteiger partial charge is 0.481 e. The third kappa shape index (κ3) is 4.32. The highest BCUT2D eigenvalue weighted by atomic mass is 16.4. The van der Waals surface area contributed by atoms with Gasteiger partial charge in [-0.25, -0.2) is 4.79 Å². The van der Waals surface area contributed by atoms with Gasteiger partial charge in [-0.15, -0.1) is 0 Å². The van der Waals surface area contributed by atoms with Crippen LogP contribution < -0.4 is 10.6 Å². The summed E-state index contributed by atoms with van der Waals surface area (Å²) in [4.78, 5) is 27.5. The maximum atomic E-state index is 13.1. The normalized spacial score (nSPS) is 15.8. The fraction of sp³-hybridized carbons (Fsp3) is 0.160. The highest BCUT2D eigenvalue weighted by Crippen LogP contribution is 2.35. The first-order chi connectivity index (χ1) is 15.4.